The summed E-state index contributed by atoms with van der Waals surface area (Å²) in [6, 6.07) is 0. The third kappa shape index (κ3) is 9.61. The highest BCUT2D eigenvalue weighted by atomic mass is 16.3. The van der Waals surface area contributed by atoms with Crippen molar-refractivity contribution in [2.75, 3.05) is 13.1 Å². The SMILES string of the molecule is CCCCC(CC)CC(C)(O)CNCC(C)C. The van der Waals surface area contributed by atoms with Crippen LogP contribution in [0, 0.1) is 11.8 Å². The van der Waals surface area contributed by atoms with Gasteiger partial charge in [-0.25, -0.2) is 0 Å². The second-order valence-corrected chi connectivity index (χ2v) is 6.14. The van der Waals surface area contributed by atoms with Crippen molar-refractivity contribution in [3.05, 3.63) is 0 Å². The summed E-state index contributed by atoms with van der Waals surface area (Å²) in [5.41, 5.74) is -0.552. The Hall–Kier alpha value is -0.0800. The highest BCUT2D eigenvalue weighted by Crippen LogP contribution is 2.23. The number of hydrogen-bond donors (Lipinski definition) is 2. The fraction of sp³-hybridized carbons (Fsp3) is 1.00. The molecule has 0 fully saturated rings. The van der Waals surface area contributed by atoms with Gasteiger partial charge in [0.05, 0.1) is 5.60 Å². The van der Waals surface area contributed by atoms with Gasteiger partial charge in [0.15, 0.2) is 0 Å². The Morgan fingerprint density at radius 2 is 1.88 bits per heavy atom. The molecule has 0 rings (SSSR count). The zero-order valence-corrected chi connectivity index (χ0v) is 12.6. The van der Waals surface area contributed by atoms with Crippen LogP contribution in [0.15, 0.2) is 0 Å². The summed E-state index contributed by atoms with van der Waals surface area (Å²) in [5.74, 6) is 1.32. The van der Waals surface area contributed by atoms with E-state index in [-0.39, 0.29) is 0 Å². The molecule has 0 saturated carbocycles. The second kappa shape index (κ2) is 8.93. The maximum Gasteiger partial charge on any atom is 0.0746 e. The summed E-state index contributed by atoms with van der Waals surface area (Å²) >= 11 is 0. The van der Waals surface area contributed by atoms with E-state index >= 15 is 0 Å². The van der Waals surface area contributed by atoms with E-state index in [1.54, 1.807) is 0 Å². The quantitative estimate of drug-likeness (QED) is 0.614. The fourth-order valence-electron chi connectivity index (χ4n) is 2.27. The Labute approximate surface area is 108 Å². The Balaban J connectivity index is 3.93. The van der Waals surface area contributed by atoms with E-state index in [9.17, 15) is 5.11 Å². The molecule has 0 saturated heterocycles. The Kier molecular flexibility index (Phi) is 8.89. The average Bonchev–Trinajstić information content (AvgIpc) is 2.23. The van der Waals surface area contributed by atoms with Crippen LogP contribution in [-0.2, 0) is 0 Å². The van der Waals surface area contributed by atoms with Crippen LogP contribution < -0.4 is 5.32 Å². The lowest BCUT2D eigenvalue weighted by Crippen LogP contribution is -2.40. The number of hydrogen-bond acceptors (Lipinski definition) is 2. The first-order chi connectivity index (χ1) is 7.91. The van der Waals surface area contributed by atoms with Crippen LogP contribution in [0.4, 0.5) is 0 Å². The average molecular weight is 243 g/mol. The summed E-state index contributed by atoms with van der Waals surface area (Å²) < 4.78 is 0. The molecule has 2 nitrogen and oxygen atoms in total. The lowest BCUT2D eigenvalue weighted by molar-refractivity contribution is 0.0311. The molecule has 17 heavy (non-hydrogen) atoms. The highest BCUT2D eigenvalue weighted by Gasteiger charge is 2.24. The van der Waals surface area contributed by atoms with Crippen molar-refractivity contribution in [3.63, 3.8) is 0 Å². The molecule has 0 aliphatic carbocycles. The van der Waals surface area contributed by atoms with Gasteiger partial charge in [0, 0.05) is 6.54 Å². The van der Waals surface area contributed by atoms with Crippen LogP contribution in [0.5, 0.6) is 0 Å². The van der Waals surface area contributed by atoms with Gasteiger partial charge in [0.1, 0.15) is 0 Å². The molecule has 104 valence electrons. The van der Waals surface area contributed by atoms with Crippen molar-refractivity contribution >= 4 is 0 Å². The second-order valence-electron chi connectivity index (χ2n) is 6.14. The monoisotopic (exact) mass is 243 g/mol. The van der Waals surface area contributed by atoms with E-state index < -0.39 is 5.60 Å². The largest absolute Gasteiger partial charge is 0.389 e. The molecule has 2 heteroatoms. The van der Waals surface area contributed by atoms with E-state index in [1.807, 2.05) is 6.92 Å². The van der Waals surface area contributed by atoms with Crippen LogP contribution in [0.3, 0.4) is 0 Å². The smallest absolute Gasteiger partial charge is 0.0746 e. The first kappa shape index (κ1) is 16.9. The van der Waals surface area contributed by atoms with E-state index in [0.29, 0.717) is 18.4 Å². The van der Waals surface area contributed by atoms with Crippen LogP contribution >= 0.6 is 0 Å². The van der Waals surface area contributed by atoms with Crippen molar-refractivity contribution in [2.24, 2.45) is 11.8 Å². The Morgan fingerprint density at radius 1 is 1.24 bits per heavy atom. The van der Waals surface area contributed by atoms with Gasteiger partial charge in [-0.1, -0.05) is 53.4 Å². The summed E-state index contributed by atoms with van der Waals surface area (Å²) in [6.07, 6.45) is 5.90. The van der Waals surface area contributed by atoms with E-state index in [4.69, 9.17) is 0 Å². The molecule has 2 N–H and O–H groups in total. The van der Waals surface area contributed by atoms with Gasteiger partial charge in [-0.15, -0.1) is 0 Å². The summed E-state index contributed by atoms with van der Waals surface area (Å²) in [6.45, 7) is 12.5. The van der Waals surface area contributed by atoms with Crippen molar-refractivity contribution in [1.82, 2.24) is 5.32 Å². The van der Waals surface area contributed by atoms with Gasteiger partial charge in [-0.05, 0) is 31.7 Å². The van der Waals surface area contributed by atoms with Gasteiger partial charge < -0.3 is 10.4 Å². The van der Waals surface area contributed by atoms with Crippen LogP contribution in [0.2, 0.25) is 0 Å². The van der Waals surface area contributed by atoms with Crippen LogP contribution in [0.1, 0.15) is 66.7 Å². The van der Waals surface area contributed by atoms with E-state index in [1.165, 1.54) is 25.7 Å². The summed E-state index contributed by atoms with van der Waals surface area (Å²) in [7, 11) is 0. The predicted molar refractivity (Wildman–Crippen MR) is 76.3 cm³/mol. The third-order valence-corrected chi connectivity index (χ3v) is 3.33. The fourth-order valence-corrected chi connectivity index (χ4v) is 2.27. The first-order valence-electron chi connectivity index (χ1n) is 7.34. The van der Waals surface area contributed by atoms with Crippen LogP contribution in [-0.4, -0.2) is 23.8 Å². The van der Waals surface area contributed by atoms with Crippen molar-refractivity contribution in [3.8, 4) is 0 Å². The number of unbranched alkanes of at least 4 members (excludes halogenated alkanes) is 1. The zero-order chi connectivity index (χ0) is 13.3. The van der Waals surface area contributed by atoms with Gasteiger partial charge in [0.2, 0.25) is 0 Å². The molecule has 0 spiro atoms. The molecule has 0 radical (unpaired) electrons. The van der Waals surface area contributed by atoms with Gasteiger partial charge in [-0.3, -0.25) is 0 Å². The standard InChI is InChI=1S/C15H33NO/c1-6-8-9-14(7-2)10-15(5,17)12-16-11-13(3)4/h13-14,16-17H,6-12H2,1-5H3. The molecular formula is C15H33NO. The maximum absolute atomic E-state index is 10.4. The summed E-state index contributed by atoms with van der Waals surface area (Å²) in [5, 5.41) is 13.7. The lowest BCUT2D eigenvalue weighted by Gasteiger charge is -2.29. The van der Waals surface area contributed by atoms with E-state index in [2.05, 4.69) is 33.0 Å². The van der Waals surface area contributed by atoms with Gasteiger partial charge in [-0.2, -0.15) is 0 Å². The first-order valence-corrected chi connectivity index (χ1v) is 7.34. The van der Waals surface area contributed by atoms with Crippen LogP contribution in [0.25, 0.3) is 0 Å². The molecule has 0 aromatic rings. The molecule has 2 atom stereocenters. The number of aliphatic hydroxyl groups is 1. The molecule has 0 bridgehead atoms. The highest BCUT2D eigenvalue weighted by molar-refractivity contribution is 4.79. The van der Waals surface area contributed by atoms with Crippen molar-refractivity contribution in [1.29, 1.82) is 0 Å². The number of rotatable bonds is 10. The predicted octanol–water partition coefficient (Wildman–Crippen LogP) is 3.59. The van der Waals surface area contributed by atoms with Gasteiger partial charge in [0.25, 0.3) is 0 Å². The zero-order valence-electron chi connectivity index (χ0n) is 12.6. The molecule has 0 aromatic carbocycles. The molecule has 0 aliphatic heterocycles. The van der Waals surface area contributed by atoms with Crippen molar-refractivity contribution in [2.45, 2.75) is 72.3 Å². The molecule has 0 aromatic heterocycles. The summed E-state index contributed by atoms with van der Waals surface area (Å²) in [4.78, 5) is 0. The molecule has 2 unspecified atom stereocenters. The van der Waals surface area contributed by atoms with Crippen molar-refractivity contribution < 1.29 is 5.11 Å². The minimum Gasteiger partial charge on any atom is -0.389 e. The molecule has 0 amide bonds. The Morgan fingerprint density at radius 3 is 2.35 bits per heavy atom. The minimum atomic E-state index is -0.552. The lowest BCUT2D eigenvalue weighted by atomic mass is 9.86. The number of nitrogens with one attached hydrogen (secondary N) is 1. The van der Waals surface area contributed by atoms with Gasteiger partial charge >= 0.3 is 0 Å². The third-order valence-electron chi connectivity index (χ3n) is 3.33. The molecular weight excluding hydrogens is 210 g/mol. The Bertz CT molecular complexity index is 178. The van der Waals surface area contributed by atoms with E-state index in [0.717, 1.165) is 13.0 Å². The minimum absolute atomic E-state index is 0.552. The normalized spacial score (nSPS) is 17.1. The topological polar surface area (TPSA) is 32.3 Å². The molecule has 0 heterocycles. The molecule has 0 aliphatic rings. The maximum atomic E-state index is 10.4.